The molecule has 0 fully saturated rings. The first-order valence-electron chi connectivity index (χ1n) is 8.21. The third kappa shape index (κ3) is 5.10. The number of aryl methyl sites for hydroxylation is 1. The van der Waals surface area contributed by atoms with E-state index in [0.717, 1.165) is 17.8 Å². The maximum atomic E-state index is 12.5. The summed E-state index contributed by atoms with van der Waals surface area (Å²) >= 11 is 1.23. The molecule has 0 unspecified atom stereocenters. The summed E-state index contributed by atoms with van der Waals surface area (Å²) in [7, 11) is 0. The molecule has 0 aliphatic rings. The second-order valence-corrected chi connectivity index (χ2v) is 6.85. The van der Waals surface area contributed by atoms with Crippen LogP contribution in [-0.4, -0.2) is 31.4 Å². The highest BCUT2D eigenvalue weighted by molar-refractivity contribution is 7.99. The molecule has 0 saturated carbocycles. The van der Waals surface area contributed by atoms with Gasteiger partial charge in [-0.25, -0.2) is 14.6 Å². The number of aromatic nitrogens is 4. The molecule has 0 aliphatic carbocycles. The van der Waals surface area contributed by atoms with Gasteiger partial charge in [-0.05, 0) is 30.7 Å². The fraction of sp³-hybridized carbons (Fsp3) is 0.222. The van der Waals surface area contributed by atoms with Gasteiger partial charge in [-0.2, -0.15) is 18.3 Å². The highest BCUT2D eigenvalue weighted by Crippen LogP contribution is 2.29. The predicted molar refractivity (Wildman–Crippen MR) is 97.9 cm³/mol. The molecule has 2 aromatic heterocycles. The van der Waals surface area contributed by atoms with E-state index in [-0.39, 0.29) is 18.2 Å². The molecule has 0 radical (unpaired) electrons. The van der Waals surface area contributed by atoms with Crippen LogP contribution in [0.25, 0.3) is 5.82 Å². The quantitative estimate of drug-likeness (QED) is 0.501. The van der Waals surface area contributed by atoms with E-state index in [1.807, 2.05) is 13.0 Å². The Morgan fingerprint density at radius 2 is 1.93 bits per heavy atom. The zero-order valence-electron chi connectivity index (χ0n) is 14.8. The number of rotatable bonds is 6. The Hall–Kier alpha value is -2.88. The molecular weight excluding hydrogens is 391 g/mol. The van der Waals surface area contributed by atoms with Crippen LogP contribution < -0.4 is 5.32 Å². The molecule has 1 amide bonds. The van der Waals surface area contributed by atoms with Crippen molar-refractivity contribution in [3.8, 4) is 5.82 Å². The van der Waals surface area contributed by atoms with Gasteiger partial charge < -0.3 is 5.32 Å². The summed E-state index contributed by atoms with van der Waals surface area (Å²) in [5, 5.41) is 7.47. The van der Waals surface area contributed by atoms with Gasteiger partial charge in [0.1, 0.15) is 11.4 Å². The van der Waals surface area contributed by atoms with Gasteiger partial charge in [0.15, 0.2) is 5.82 Å². The van der Waals surface area contributed by atoms with Crippen molar-refractivity contribution in [2.24, 2.45) is 0 Å². The Balaban J connectivity index is 1.51. The van der Waals surface area contributed by atoms with Crippen molar-refractivity contribution in [1.82, 2.24) is 25.1 Å². The van der Waals surface area contributed by atoms with Crippen molar-refractivity contribution in [3.05, 3.63) is 65.7 Å². The first kappa shape index (κ1) is 19.9. The average Bonchev–Trinajstić information content (AvgIpc) is 3.10. The number of halogens is 3. The van der Waals surface area contributed by atoms with E-state index in [1.54, 1.807) is 16.9 Å². The molecule has 0 saturated heterocycles. The molecule has 28 heavy (non-hydrogen) atoms. The summed E-state index contributed by atoms with van der Waals surface area (Å²) in [6, 6.07) is 8.27. The van der Waals surface area contributed by atoms with E-state index >= 15 is 0 Å². The van der Waals surface area contributed by atoms with E-state index in [1.165, 1.54) is 30.2 Å². The van der Waals surface area contributed by atoms with Crippen molar-refractivity contribution < 1.29 is 18.0 Å². The van der Waals surface area contributed by atoms with Crippen LogP contribution in [0.2, 0.25) is 0 Å². The minimum atomic E-state index is -4.37. The Labute approximate surface area is 163 Å². The predicted octanol–water partition coefficient (Wildman–Crippen LogP) is 3.40. The second-order valence-electron chi connectivity index (χ2n) is 5.86. The molecule has 1 N–H and O–H groups in total. The van der Waals surface area contributed by atoms with Crippen LogP contribution in [0.15, 0.2) is 53.9 Å². The largest absolute Gasteiger partial charge is 0.416 e. The van der Waals surface area contributed by atoms with Gasteiger partial charge in [0.25, 0.3) is 0 Å². The molecule has 0 bridgehead atoms. The zero-order chi connectivity index (χ0) is 20.1. The average molecular weight is 407 g/mol. The molecule has 0 atom stereocenters. The number of benzene rings is 1. The number of nitrogens with one attached hydrogen (secondary N) is 1. The third-order valence-electron chi connectivity index (χ3n) is 3.80. The maximum absolute atomic E-state index is 12.5. The van der Waals surface area contributed by atoms with E-state index < -0.39 is 11.7 Å². The van der Waals surface area contributed by atoms with Gasteiger partial charge in [-0.15, -0.1) is 0 Å². The van der Waals surface area contributed by atoms with Crippen LogP contribution in [0.4, 0.5) is 13.2 Å². The fourth-order valence-corrected chi connectivity index (χ4v) is 3.03. The number of hydrogen-bond donors (Lipinski definition) is 1. The molecule has 0 aliphatic heterocycles. The molecule has 10 heteroatoms. The van der Waals surface area contributed by atoms with Crippen molar-refractivity contribution in [2.75, 3.05) is 5.75 Å². The van der Waals surface area contributed by atoms with Crippen molar-refractivity contribution in [2.45, 2.75) is 24.7 Å². The van der Waals surface area contributed by atoms with E-state index in [0.29, 0.717) is 16.4 Å². The fourth-order valence-electron chi connectivity index (χ4n) is 2.34. The molecule has 1 aromatic carbocycles. The van der Waals surface area contributed by atoms with Crippen LogP contribution >= 0.6 is 11.8 Å². The molecule has 3 aromatic rings. The first-order valence-corrected chi connectivity index (χ1v) is 9.20. The number of alkyl halides is 3. The zero-order valence-corrected chi connectivity index (χ0v) is 15.6. The summed E-state index contributed by atoms with van der Waals surface area (Å²) in [6.07, 6.45) is -1.30. The Morgan fingerprint density at radius 1 is 1.18 bits per heavy atom. The Kier molecular flexibility index (Phi) is 5.98. The van der Waals surface area contributed by atoms with E-state index in [4.69, 9.17) is 0 Å². The van der Waals surface area contributed by atoms with Crippen molar-refractivity contribution >= 4 is 17.7 Å². The van der Waals surface area contributed by atoms with Crippen LogP contribution in [0.3, 0.4) is 0 Å². The lowest BCUT2D eigenvalue weighted by atomic mass is 10.1. The Bertz CT molecular complexity index is 956. The van der Waals surface area contributed by atoms with Crippen LogP contribution in [0.1, 0.15) is 16.8 Å². The topological polar surface area (TPSA) is 72.7 Å². The summed E-state index contributed by atoms with van der Waals surface area (Å²) < 4.78 is 39.3. The van der Waals surface area contributed by atoms with Gasteiger partial charge in [0.05, 0.1) is 11.3 Å². The van der Waals surface area contributed by atoms with Gasteiger partial charge in [0.2, 0.25) is 5.91 Å². The van der Waals surface area contributed by atoms with E-state index in [9.17, 15) is 18.0 Å². The van der Waals surface area contributed by atoms with Gasteiger partial charge in [-0.3, -0.25) is 4.79 Å². The molecule has 2 heterocycles. The van der Waals surface area contributed by atoms with Crippen LogP contribution in [0, 0.1) is 6.92 Å². The Morgan fingerprint density at radius 3 is 2.57 bits per heavy atom. The molecule has 146 valence electrons. The minimum absolute atomic E-state index is 0.120. The summed E-state index contributed by atoms with van der Waals surface area (Å²) in [5.41, 5.74) is 0.791. The highest BCUT2D eigenvalue weighted by Gasteiger charge is 2.29. The van der Waals surface area contributed by atoms with E-state index in [2.05, 4.69) is 20.4 Å². The summed E-state index contributed by atoms with van der Waals surface area (Å²) in [4.78, 5) is 20.3. The third-order valence-corrected chi connectivity index (χ3v) is 4.72. The van der Waals surface area contributed by atoms with Gasteiger partial charge in [-0.1, -0.05) is 23.9 Å². The summed E-state index contributed by atoms with van der Waals surface area (Å²) in [6.45, 7) is 2.05. The van der Waals surface area contributed by atoms with Gasteiger partial charge >= 0.3 is 6.18 Å². The van der Waals surface area contributed by atoms with Gasteiger partial charge in [0, 0.05) is 24.5 Å². The van der Waals surface area contributed by atoms with Crippen LogP contribution in [-0.2, 0) is 17.5 Å². The lowest BCUT2D eigenvalue weighted by molar-refractivity contribution is -0.137. The molecule has 6 nitrogen and oxygen atoms in total. The molecular formula is C18H16F3N5OS. The summed E-state index contributed by atoms with van der Waals surface area (Å²) in [5.74, 6) is 0.473. The maximum Gasteiger partial charge on any atom is 0.416 e. The number of carbonyl (C=O) groups excluding carboxylic acids is 1. The number of carbonyl (C=O) groups is 1. The smallest absolute Gasteiger partial charge is 0.351 e. The SMILES string of the molecule is Cc1ccnn1-c1cc(SCC(=O)NCc2ccc(C(F)(F)F)cc2)ncn1. The lowest BCUT2D eigenvalue weighted by Crippen LogP contribution is -2.24. The minimum Gasteiger partial charge on any atom is -0.351 e. The standard InChI is InChI=1S/C18H16F3N5OS/c1-12-6-7-25-26(12)15-8-17(24-11-23-15)28-10-16(27)22-9-13-2-4-14(5-3-13)18(19,20)21/h2-8,11H,9-10H2,1H3,(H,22,27). The normalized spacial score (nSPS) is 11.4. The van der Waals surface area contributed by atoms with Crippen molar-refractivity contribution in [3.63, 3.8) is 0 Å². The lowest BCUT2D eigenvalue weighted by Gasteiger charge is -2.09. The monoisotopic (exact) mass is 407 g/mol. The number of nitrogens with zero attached hydrogens (tertiary/aromatic N) is 4. The first-order chi connectivity index (χ1) is 13.3. The number of amides is 1. The highest BCUT2D eigenvalue weighted by atomic mass is 32.2. The number of hydrogen-bond acceptors (Lipinski definition) is 5. The second kappa shape index (κ2) is 8.42. The number of thioether (sulfide) groups is 1. The molecule has 0 spiro atoms. The molecule has 3 rings (SSSR count). The van der Waals surface area contributed by atoms with Crippen molar-refractivity contribution in [1.29, 1.82) is 0 Å². The van der Waals surface area contributed by atoms with Crippen LogP contribution in [0.5, 0.6) is 0 Å².